The van der Waals surface area contributed by atoms with Crippen molar-refractivity contribution in [2.75, 3.05) is 0 Å². The smallest absolute Gasteiger partial charge is 0.408 e. The second-order valence-corrected chi connectivity index (χ2v) is 26.6. The van der Waals surface area contributed by atoms with Gasteiger partial charge in [0.25, 0.3) is 17.1 Å². The number of ether oxygens (including phenoxy) is 2. The van der Waals surface area contributed by atoms with E-state index >= 15 is 0 Å². The fraction of sp³-hybridized carbons (Fsp3) is 0.389. The van der Waals surface area contributed by atoms with Crippen LogP contribution in [0.5, 0.6) is 0 Å². The molecule has 0 unspecified atom stereocenters. The first-order valence-corrected chi connectivity index (χ1v) is 33.5. The van der Waals surface area contributed by atoms with E-state index in [-0.39, 0.29) is 60.9 Å². The van der Waals surface area contributed by atoms with Crippen LogP contribution in [-0.4, -0.2) is 115 Å². The zero-order valence-corrected chi connectivity index (χ0v) is 60.5. The van der Waals surface area contributed by atoms with Gasteiger partial charge in [-0.25, -0.2) is 9.59 Å². The number of hydrogen-bond donors (Lipinski definition) is 8. The Labute approximate surface area is 606 Å². The summed E-state index contributed by atoms with van der Waals surface area (Å²) in [6, 6.07) is 36.2. The van der Waals surface area contributed by atoms with Crippen molar-refractivity contribution in [2.24, 2.45) is 11.5 Å². The lowest BCUT2D eigenvalue weighted by Crippen LogP contribution is -2.51. The third-order valence-electron chi connectivity index (χ3n) is 14.7. The summed E-state index contributed by atoms with van der Waals surface area (Å²) in [5.41, 5.74) is 13.9. The zero-order valence-electron chi connectivity index (χ0n) is 58.2. The number of aryl methyl sites for hydroxylation is 5. The number of nitrogens with one attached hydrogen (secondary N) is 5. The summed E-state index contributed by atoms with van der Waals surface area (Å²) >= 11 is 17.5. The average Bonchev–Trinajstić information content (AvgIpc) is 0.862. The minimum absolute atomic E-state index is 0.0156. The summed E-state index contributed by atoms with van der Waals surface area (Å²) in [4.78, 5) is 129. The Bertz CT molecular complexity index is 3810. The van der Waals surface area contributed by atoms with Gasteiger partial charge in [0.1, 0.15) is 29.3 Å². The number of alkyl carbamates (subject to hydrolysis) is 2. The third kappa shape index (κ3) is 33.5. The summed E-state index contributed by atoms with van der Waals surface area (Å²) in [5.74, 6) is -3.16. The van der Waals surface area contributed by atoms with Crippen molar-refractivity contribution in [2.45, 2.75) is 181 Å². The highest BCUT2D eigenvalue weighted by Crippen LogP contribution is 2.27. The molecule has 6 aromatic rings. The van der Waals surface area contributed by atoms with Crippen LogP contribution in [0.15, 0.2) is 146 Å². The van der Waals surface area contributed by atoms with Crippen LogP contribution in [0.2, 0.25) is 15.1 Å². The standard InChI is InChI=1S/C26H32ClN3O6.C21H24ClN3O4.C18H26N2O5.C7H7ClN2O2/c1-17(23(31)15-11-19-16-20(27)12-14-22(19)30(34)35)28-24(32)21(29-25(33)36-26(2,3)4)13-10-18-8-6-5-7-9-18;1-14(24-21(27)18(23)10-7-15-5-3-2-4-6-15)20(26)12-8-16-13-17(22)9-11-19(16)25(28)29;1-12(16(22)23)19-15(21)14(20-17(24)25-18(2,3)4)11-10-13-8-6-5-7-9-13;8-6-1-2-7(10(11)12)5(3-6)4-9/h5-9,12,14,16-17,21H,10-11,13,15H2,1-4H3,(H,28,32)(H,29,33);2-6,9,11,13-14,18H,7-8,10,12,23H2,1H3,(H,24,27);5-9,12,14H,10-11H2,1-4H3,(H,19,21)(H,20,24)(H,22,23);1-3H,4,9H2/t17-,21+;14-,18+;12-,14+;/m000./s1. The Balaban J connectivity index is 0.000000372. The number of aliphatic carboxylic acids is 1. The molecule has 0 spiro atoms. The third-order valence-corrected chi connectivity index (χ3v) is 15.4. The molecule has 0 fully saturated rings. The molecule has 6 aromatic carbocycles. The molecule has 0 aliphatic rings. The van der Waals surface area contributed by atoms with E-state index in [0.29, 0.717) is 70.3 Å². The van der Waals surface area contributed by atoms with E-state index in [0.717, 1.165) is 16.7 Å². The van der Waals surface area contributed by atoms with Crippen LogP contribution in [0.25, 0.3) is 0 Å². The van der Waals surface area contributed by atoms with E-state index in [9.17, 15) is 68.7 Å². The Morgan fingerprint density at radius 3 is 1.07 bits per heavy atom. The van der Waals surface area contributed by atoms with Crippen LogP contribution in [-0.2, 0) is 76.9 Å². The molecular formula is C72H89Cl3N10O17. The number of nitro groups is 3. The Morgan fingerprint density at radius 2 is 0.755 bits per heavy atom. The fourth-order valence-electron chi connectivity index (χ4n) is 9.33. The van der Waals surface area contributed by atoms with Crippen molar-refractivity contribution >= 4 is 99.3 Å². The van der Waals surface area contributed by atoms with Gasteiger partial charge < -0.3 is 52.6 Å². The lowest BCUT2D eigenvalue weighted by atomic mass is 10.0. The summed E-state index contributed by atoms with van der Waals surface area (Å²) in [5, 5.41) is 55.6. The number of rotatable bonds is 30. The summed E-state index contributed by atoms with van der Waals surface area (Å²) in [6.45, 7) is 14.9. The second kappa shape index (κ2) is 43.0. The van der Waals surface area contributed by atoms with Crippen LogP contribution in [0.3, 0.4) is 0 Å². The Kier molecular flexibility index (Phi) is 36.4. The average molecular weight is 1470 g/mol. The highest BCUT2D eigenvalue weighted by atomic mass is 35.5. The number of carbonyl (C=O) groups excluding carboxylic acids is 7. The Morgan fingerprint density at radius 1 is 0.451 bits per heavy atom. The number of ketones is 2. The molecule has 0 heterocycles. The highest BCUT2D eigenvalue weighted by molar-refractivity contribution is 6.31. The molecule has 550 valence electrons. The van der Waals surface area contributed by atoms with Crippen molar-refractivity contribution in [1.82, 2.24) is 26.6 Å². The molecule has 10 N–H and O–H groups in total. The number of nitrogens with two attached hydrogens (primary N) is 2. The van der Waals surface area contributed by atoms with E-state index in [1.807, 2.05) is 91.0 Å². The maximum absolute atomic E-state index is 13.0. The normalized spacial score (nSPS) is 12.6. The second-order valence-electron chi connectivity index (χ2n) is 25.3. The minimum Gasteiger partial charge on any atom is -0.480 e. The van der Waals surface area contributed by atoms with Crippen molar-refractivity contribution in [3.8, 4) is 0 Å². The number of hydrogen-bond acceptors (Lipinski definition) is 18. The topological polar surface area (TPSA) is 417 Å². The summed E-state index contributed by atoms with van der Waals surface area (Å²) in [6.07, 6.45) is 1.64. The van der Waals surface area contributed by atoms with Gasteiger partial charge in [-0.15, -0.1) is 0 Å². The number of carboxylic acids is 1. The van der Waals surface area contributed by atoms with Crippen molar-refractivity contribution in [3.05, 3.63) is 224 Å². The largest absolute Gasteiger partial charge is 0.480 e. The van der Waals surface area contributed by atoms with Gasteiger partial charge in [-0.05, 0) is 167 Å². The summed E-state index contributed by atoms with van der Waals surface area (Å²) in [7, 11) is 0. The van der Waals surface area contributed by atoms with Gasteiger partial charge in [0.05, 0.1) is 32.9 Å². The van der Waals surface area contributed by atoms with Crippen molar-refractivity contribution in [3.63, 3.8) is 0 Å². The predicted molar refractivity (Wildman–Crippen MR) is 388 cm³/mol. The van der Waals surface area contributed by atoms with Gasteiger partial charge in [-0.3, -0.25) is 59.1 Å². The molecule has 6 atom stereocenters. The number of benzene rings is 6. The molecule has 5 amide bonds. The first-order valence-electron chi connectivity index (χ1n) is 32.4. The molecular weight excluding hydrogens is 1380 g/mol. The van der Waals surface area contributed by atoms with Gasteiger partial charge >= 0.3 is 18.2 Å². The molecule has 0 aliphatic carbocycles. The van der Waals surface area contributed by atoms with Crippen LogP contribution < -0.4 is 38.1 Å². The number of Topliss-reactive ketones (excluding diaryl/α,β-unsaturated/α-hetero) is 2. The molecule has 27 nitrogen and oxygen atoms in total. The lowest BCUT2D eigenvalue weighted by molar-refractivity contribution is -0.385. The van der Waals surface area contributed by atoms with E-state index < -0.39 is 98.1 Å². The molecule has 6 rings (SSSR count). The van der Waals surface area contributed by atoms with Gasteiger partial charge in [-0.2, -0.15) is 0 Å². The van der Waals surface area contributed by atoms with Gasteiger partial charge in [-0.1, -0.05) is 126 Å². The van der Waals surface area contributed by atoms with Crippen LogP contribution >= 0.6 is 34.8 Å². The molecule has 0 aliphatic heterocycles. The predicted octanol–water partition coefficient (Wildman–Crippen LogP) is 11.8. The lowest BCUT2D eigenvalue weighted by Gasteiger charge is -2.24. The van der Waals surface area contributed by atoms with Crippen molar-refractivity contribution < 1.29 is 67.7 Å². The van der Waals surface area contributed by atoms with Gasteiger partial charge in [0.15, 0.2) is 11.6 Å². The number of carboxylic acid groups (broad SMARTS) is 1. The van der Waals surface area contributed by atoms with E-state index in [2.05, 4.69) is 26.6 Å². The first-order chi connectivity index (χ1) is 47.9. The molecule has 30 heteroatoms. The number of carbonyl (C=O) groups is 8. The SMILES string of the molecule is C[C@H](NC(=O)[C@@H](CCc1ccccc1)NC(=O)OC(C)(C)C)C(=O)CCc1cc(Cl)ccc1[N+](=O)[O-].C[C@H](NC(=O)[C@@H](CCc1ccccc1)NC(=O)OC(C)(C)C)C(=O)O.C[C@H](NC(=O)[C@H](N)CCc1ccccc1)C(=O)CCc1cc(Cl)ccc1[N+](=O)[O-].NCc1cc(Cl)ccc1[N+](=O)[O-]. The number of nitro benzene ring substituents is 3. The number of nitrogens with zero attached hydrogens (tertiary/aromatic N) is 3. The van der Waals surface area contributed by atoms with Crippen LogP contribution in [0.4, 0.5) is 26.7 Å². The van der Waals surface area contributed by atoms with Crippen molar-refractivity contribution in [1.29, 1.82) is 0 Å². The van der Waals surface area contributed by atoms with E-state index in [1.165, 1.54) is 68.4 Å². The quantitative estimate of drug-likeness (QED) is 0.0153. The molecule has 0 bridgehead atoms. The zero-order chi connectivity index (χ0) is 76.4. The minimum atomic E-state index is -1.15. The van der Waals surface area contributed by atoms with Gasteiger partial charge in [0.2, 0.25) is 17.7 Å². The molecule has 0 radical (unpaired) electrons. The molecule has 0 saturated carbocycles. The maximum atomic E-state index is 13.0. The van der Waals surface area contributed by atoms with Gasteiger partial charge in [0, 0.05) is 69.3 Å². The highest BCUT2D eigenvalue weighted by Gasteiger charge is 2.30. The molecule has 0 saturated heterocycles. The summed E-state index contributed by atoms with van der Waals surface area (Å²) < 4.78 is 10.5. The van der Waals surface area contributed by atoms with Crippen LogP contribution in [0, 0.1) is 30.3 Å². The number of halogens is 3. The number of amides is 5. The first kappa shape index (κ1) is 86.3. The monoisotopic (exact) mass is 1470 g/mol. The van der Waals surface area contributed by atoms with E-state index in [1.54, 1.807) is 48.5 Å². The molecule has 102 heavy (non-hydrogen) atoms. The fourth-order valence-corrected chi connectivity index (χ4v) is 9.91. The van der Waals surface area contributed by atoms with Crippen LogP contribution in [0.1, 0.15) is 128 Å². The maximum Gasteiger partial charge on any atom is 0.408 e. The Hall–Kier alpha value is -9.93. The van der Waals surface area contributed by atoms with E-state index in [4.69, 9.17) is 60.9 Å². The molecule has 0 aromatic heterocycles.